The number of thiocarbonyl (C=S) groups is 1. The zero-order valence-corrected chi connectivity index (χ0v) is 17.5. The molecule has 1 aliphatic heterocycles. The molecule has 9 nitrogen and oxygen atoms in total. The Labute approximate surface area is 176 Å². The number of benzene rings is 1. The number of amides is 1. The van der Waals surface area contributed by atoms with Crippen LogP contribution in [-0.4, -0.2) is 37.5 Å². The summed E-state index contributed by atoms with van der Waals surface area (Å²) in [5, 5.41) is 3.55. The molecule has 3 N–H and O–H groups in total. The van der Waals surface area contributed by atoms with Gasteiger partial charge in [-0.05, 0) is 43.8 Å². The van der Waals surface area contributed by atoms with E-state index in [-0.39, 0.29) is 18.5 Å². The number of carbonyl (C=O) groups is 2. The van der Waals surface area contributed by atoms with Gasteiger partial charge in [0.15, 0.2) is 23.2 Å². The maximum absolute atomic E-state index is 12.0. The summed E-state index contributed by atoms with van der Waals surface area (Å²) < 4.78 is 20.7. The van der Waals surface area contributed by atoms with Crippen molar-refractivity contribution in [1.29, 1.82) is 0 Å². The minimum atomic E-state index is -0.460. The van der Waals surface area contributed by atoms with Crippen LogP contribution in [0, 0.1) is 13.8 Å². The summed E-state index contributed by atoms with van der Waals surface area (Å²) >= 11 is 6.53. The minimum absolute atomic E-state index is 0.118. The van der Waals surface area contributed by atoms with Crippen LogP contribution in [0.5, 0.6) is 17.2 Å². The molecule has 1 aromatic heterocycles. The zero-order chi connectivity index (χ0) is 21.0. The Kier molecular flexibility index (Phi) is 6.39. The maximum atomic E-state index is 12.0. The molecule has 0 spiro atoms. The van der Waals surface area contributed by atoms with E-state index in [4.69, 9.17) is 31.2 Å². The summed E-state index contributed by atoms with van der Waals surface area (Å²) in [6, 6.07) is 5.03. The lowest BCUT2D eigenvalue weighted by Gasteiger charge is -2.12. The van der Waals surface area contributed by atoms with E-state index >= 15 is 0 Å². The van der Waals surface area contributed by atoms with E-state index < -0.39 is 11.9 Å². The Morgan fingerprint density at radius 1 is 1.21 bits per heavy atom. The first kappa shape index (κ1) is 20.7. The fourth-order valence-corrected chi connectivity index (χ4v) is 3.75. The highest BCUT2D eigenvalue weighted by atomic mass is 32.1. The highest BCUT2D eigenvalue weighted by Crippen LogP contribution is 2.35. The van der Waals surface area contributed by atoms with Gasteiger partial charge in [0.2, 0.25) is 6.79 Å². The number of hydrazine groups is 1. The lowest BCUT2D eigenvalue weighted by atomic mass is 10.1. The standard InChI is InChI=1S/C18H19N3O6S2/c1-9-10(2)29-16(15(9)17(23)24-3)19-18(28)21-20-14(22)7-25-11-4-5-12-13(6-11)27-8-26-12/h4-6H,7-8H2,1-3H3,(H,20,22)(H2,19,21,28). The monoisotopic (exact) mass is 437 g/mol. The van der Waals surface area contributed by atoms with Gasteiger partial charge in [-0.2, -0.15) is 0 Å². The van der Waals surface area contributed by atoms with Gasteiger partial charge in [-0.1, -0.05) is 0 Å². The topological polar surface area (TPSA) is 107 Å². The molecule has 0 unspecified atom stereocenters. The van der Waals surface area contributed by atoms with E-state index in [2.05, 4.69) is 16.2 Å². The fourth-order valence-electron chi connectivity index (χ4n) is 2.48. The minimum Gasteiger partial charge on any atom is -0.484 e. The number of anilines is 1. The van der Waals surface area contributed by atoms with Crippen molar-refractivity contribution in [2.75, 3.05) is 25.8 Å². The van der Waals surface area contributed by atoms with Gasteiger partial charge in [-0.15, -0.1) is 11.3 Å². The first-order chi connectivity index (χ1) is 13.9. The van der Waals surface area contributed by atoms with Crippen molar-refractivity contribution in [1.82, 2.24) is 10.9 Å². The molecule has 2 heterocycles. The molecule has 0 saturated heterocycles. The second-order valence-corrected chi connectivity index (χ2v) is 7.54. The normalized spacial score (nSPS) is 11.6. The largest absolute Gasteiger partial charge is 0.484 e. The molecule has 2 aromatic rings. The Hall–Kier alpha value is -3.05. The molecule has 0 saturated carbocycles. The molecular formula is C18H19N3O6S2. The van der Waals surface area contributed by atoms with Crippen LogP contribution >= 0.6 is 23.6 Å². The van der Waals surface area contributed by atoms with Crippen LogP contribution in [0.25, 0.3) is 0 Å². The Morgan fingerprint density at radius 3 is 2.72 bits per heavy atom. The molecule has 0 aliphatic carbocycles. The van der Waals surface area contributed by atoms with Crippen molar-refractivity contribution >= 4 is 45.5 Å². The molecule has 0 atom stereocenters. The van der Waals surface area contributed by atoms with Crippen molar-refractivity contribution in [3.63, 3.8) is 0 Å². The van der Waals surface area contributed by atoms with E-state index in [0.717, 1.165) is 10.4 Å². The summed E-state index contributed by atoms with van der Waals surface area (Å²) in [6.45, 7) is 3.65. The smallest absolute Gasteiger partial charge is 0.341 e. The number of methoxy groups -OCH3 is 1. The van der Waals surface area contributed by atoms with Gasteiger partial charge in [-0.3, -0.25) is 15.6 Å². The Bertz CT molecular complexity index is 959. The third-order valence-corrected chi connectivity index (χ3v) is 5.36. The number of fused-ring (bicyclic) bond motifs is 1. The van der Waals surface area contributed by atoms with Gasteiger partial charge in [-0.25, -0.2) is 4.79 Å². The van der Waals surface area contributed by atoms with E-state index in [1.54, 1.807) is 18.2 Å². The van der Waals surface area contributed by atoms with Crippen molar-refractivity contribution in [3.8, 4) is 17.2 Å². The van der Waals surface area contributed by atoms with Gasteiger partial charge in [0.25, 0.3) is 5.91 Å². The van der Waals surface area contributed by atoms with Gasteiger partial charge < -0.3 is 24.3 Å². The third kappa shape index (κ3) is 4.87. The predicted octanol–water partition coefficient (Wildman–Crippen LogP) is 2.28. The van der Waals surface area contributed by atoms with Crippen molar-refractivity contribution in [2.45, 2.75) is 13.8 Å². The van der Waals surface area contributed by atoms with Crippen LogP contribution in [0.3, 0.4) is 0 Å². The second-order valence-electron chi connectivity index (χ2n) is 5.91. The zero-order valence-electron chi connectivity index (χ0n) is 15.9. The Balaban J connectivity index is 1.49. The average Bonchev–Trinajstić information content (AvgIpc) is 3.28. The third-order valence-electron chi connectivity index (χ3n) is 4.03. The quantitative estimate of drug-likeness (QED) is 0.369. The highest BCUT2D eigenvalue weighted by molar-refractivity contribution is 7.80. The number of thiophene rings is 1. The van der Waals surface area contributed by atoms with E-state index in [0.29, 0.717) is 27.8 Å². The lowest BCUT2D eigenvalue weighted by Crippen LogP contribution is -2.45. The first-order valence-electron chi connectivity index (χ1n) is 8.45. The van der Waals surface area contributed by atoms with Crippen molar-refractivity contribution < 1.29 is 28.5 Å². The number of esters is 1. The van der Waals surface area contributed by atoms with Crippen LogP contribution < -0.4 is 30.4 Å². The fraction of sp³-hybridized carbons (Fsp3) is 0.278. The molecule has 1 aliphatic rings. The first-order valence-corrected chi connectivity index (χ1v) is 9.68. The molecule has 0 bridgehead atoms. The van der Waals surface area contributed by atoms with E-state index in [9.17, 15) is 9.59 Å². The number of hydrogen-bond acceptors (Lipinski definition) is 8. The summed E-state index contributed by atoms with van der Waals surface area (Å²) in [5.41, 5.74) is 6.22. The van der Waals surface area contributed by atoms with Crippen LogP contribution in [-0.2, 0) is 9.53 Å². The number of ether oxygens (including phenoxy) is 4. The van der Waals surface area contributed by atoms with Gasteiger partial charge in [0.05, 0.1) is 12.7 Å². The molecule has 3 rings (SSSR count). The molecule has 154 valence electrons. The molecule has 11 heteroatoms. The Morgan fingerprint density at radius 2 is 1.97 bits per heavy atom. The van der Waals surface area contributed by atoms with Crippen LogP contribution in [0.15, 0.2) is 18.2 Å². The average molecular weight is 437 g/mol. The molecule has 0 fully saturated rings. The number of carbonyl (C=O) groups excluding carboxylic acids is 2. The summed E-state index contributed by atoms with van der Waals surface area (Å²) in [6.07, 6.45) is 0. The van der Waals surface area contributed by atoms with Crippen molar-refractivity contribution in [3.05, 3.63) is 34.2 Å². The highest BCUT2D eigenvalue weighted by Gasteiger charge is 2.21. The van der Waals surface area contributed by atoms with Gasteiger partial charge in [0.1, 0.15) is 10.8 Å². The van der Waals surface area contributed by atoms with Gasteiger partial charge in [0, 0.05) is 10.9 Å². The number of hydrogen-bond donors (Lipinski definition) is 3. The SMILES string of the molecule is COC(=O)c1c(NC(=S)NNC(=O)COc2ccc3c(c2)OCO3)sc(C)c1C. The molecule has 29 heavy (non-hydrogen) atoms. The molecule has 0 radical (unpaired) electrons. The maximum Gasteiger partial charge on any atom is 0.341 e. The number of rotatable bonds is 5. The van der Waals surface area contributed by atoms with Crippen molar-refractivity contribution in [2.24, 2.45) is 0 Å². The molecule has 1 aromatic carbocycles. The van der Waals surface area contributed by atoms with Crippen LogP contribution in [0.4, 0.5) is 5.00 Å². The van der Waals surface area contributed by atoms with E-state index in [1.807, 2.05) is 13.8 Å². The van der Waals surface area contributed by atoms with E-state index in [1.165, 1.54) is 18.4 Å². The summed E-state index contributed by atoms with van der Waals surface area (Å²) in [4.78, 5) is 24.9. The predicted molar refractivity (Wildman–Crippen MR) is 111 cm³/mol. The van der Waals surface area contributed by atoms with Gasteiger partial charge >= 0.3 is 5.97 Å². The lowest BCUT2D eigenvalue weighted by molar-refractivity contribution is -0.123. The number of nitrogens with one attached hydrogen (secondary N) is 3. The van der Waals surface area contributed by atoms with Crippen LogP contribution in [0.2, 0.25) is 0 Å². The summed E-state index contributed by atoms with van der Waals surface area (Å²) in [7, 11) is 1.31. The molecular weight excluding hydrogens is 418 g/mol. The number of aryl methyl sites for hydroxylation is 1. The molecule has 1 amide bonds. The second kappa shape index (κ2) is 8.97. The summed E-state index contributed by atoms with van der Waals surface area (Å²) in [5.74, 6) is 0.758. The van der Waals surface area contributed by atoms with Crippen LogP contribution in [0.1, 0.15) is 20.8 Å².